The monoisotopic (exact) mass is 575 g/mol. The Morgan fingerprint density at radius 1 is 1.03 bits per heavy atom. The van der Waals surface area contributed by atoms with E-state index in [2.05, 4.69) is 19.1 Å². The van der Waals surface area contributed by atoms with Gasteiger partial charge in [0.25, 0.3) is 0 Å². The second-order valence-electron chi connectivity index (χ2n) is 8.55. The third-order valence-electron chi connectivity index (χ3n) is 5.79. The van der Waals surface area contributed by atoms with Crippen molar-refractivity contribution < 1.29 is 9.84 Å². The highest BCUT2D eigenvalue weighted by atomic mass is 35.5. The smallest absolute Gasteiger partial charge is 0.148 e. The minimum absolute atomic E-state index is 0.0862. The average molecular weight is 576 g/mol. The molecule has 0 bridgehead atoms. The van der Waals surface area contributed by atoms with Crippen LogP contribution in [0.2, 0.25) is 5.02 Å². The summed E-state index contributed by atoms with van der Waals surface area (Å²) in [6, 6.07) is 19.4. The van der Waals surface area contributed by atoms with Crippen LogP contribution in [0.5, 0.6) is 5.75 Å². The van der Waals surface area contributed by atoms with Crippen LogP contribution in [-0.4, -0.2) is 41.9 Å². The molecule has 4 rings (SSSR count). The van der Waals surface area contributed by atoms with Crippen molar-refractivity contribution in [3.8, 4) is 39.6 Å². The van der Waals surface area contributed by atoms with Crippen molar-refractivity contribution in [2.24, 2.45) is 0 Å². The van der Waals surface area contributed by atoms with Gasteiger partial charge in [0.05, 0.1) is 17.9 Å². The Bertz CT molecular complexity index is 1510. The zero-order valence-corrected chi connectivity index (χ0v) is 23.9. The number of ether oxygens (including phenoxy) is 1. The Labute approximate surface area is 241 Å². The summed E-state index contributed by atoms with van der Waals surface area (Å²) in [6.45, 7) is 2.87. The van der Waals surface area contributed by atoms with Crippen LogP contribution in [0.3, 0.4) is 0 Å². The molecule has 2 heterocycles. The maximum atomic E-state index is 10.3. The van der Waals surface area contributed by atoms with Crippen molar-refractivity contribution in [3.05, 3.63) is 75.8 Å². The van der Waals surface area contributed by atoms with Gasteiger partial charge in [-0.15, -0.1) is 11.3 Å². The molecule has 2 aromatic heterocycles. The Kier molecular flexibility index (Phi) is 9.80. The number of aliphatic hydroxyl groups excluding tert-OH is 1. The van der Waals surface area contributed by atoms with Crippen LogP contribution < -0.4 is 9.64 Å². The molecule has 1 N–H and O–H groups in total. The van der Waals surface area contributed by atoms with Crippen LogP contribution in [0.1, 0.15) is 30.2 Å². The third kappa shape index (κ3) is 6.70. The summed E-state index contributed by atoms with van der Waals surface area (Å²) >= 11 is 9.00. The van der Waals surface area contributed by atoms with Crippen molar-refractivity contribution in [3.63, 3.8) is 0 Å². The van der Waals surface area contributed by atoms with Crippen molar-refractivity contribution in [1.29, 1.82) is 10.5 Å². The van der Waals surface area contributed by atoms with E-state index in [1.54, 1.807) is 23.5 Å². The van der Waals surface area contributed by atoms with Crippen LogP contribution in [-0.2, 0) is 5.75 Å². The molecule has 0 amide bonds. The van der Waals surface area contributed by atoms with Gasteiger partial charge in [0.1, 0.15) is 45.9 Å². The minimum atomic E-state index is -0.0862. The number of pyridine rings is 1. The van der Waals surface area contributed by atoms with Crippen LogP contribution in [0.15, 0.2) is 58.9 Å². The summed E-state index contributed by atoms with van der Waals surface area (Å²) in [5.41, 5.74) is 3.84. The summed E-state index contributed by atoms with van der Waals surface area (Å²) in [4.78, 5) is 11.5. The first kappa shape index (κ1) is 28.4. The molecule has 0 aliphatic carbocycles. The Morgan fingerprint density at radius 2 is 1.72 bits per heavy atom. The molecule has 0 spiro atoms. The number of nitrogens with zero attached hydrogens (tertiary/aromatic N) is 5. The topological polar surface area (TPSA) is 106 Å². The first-order valence-corrected chi connectivity index (χ1v) is 14.5. The van der Waals surface area contributed by atoms with Crippen molar-refractivity contribution in [1.82, 2.24) is 9.97 Å². The predicted molar refractivity (Wildman–Crippen MR) is 157 cm³/mol. The summed E-state index contributed by atoms with van der Waals surface area (Å²) in [5.74, 6) is 1.65. The maximum Gasteiger partial charge on any atom is 0.148 e. The molecule has 0 aliphatic rings. The SMILES string of the molecule is CCCN(C)c1nc(SCc2csc(-c3ccc(Cl)cc3)n2)c(C#N)c(-c2ccc(OCCO)cc2)c1C#N. The molecule has 7 nitrogen and oxygen atoms in total. The number of aliphatic hydroxyl groups is 1. The number of thiazole rings is 1. The molecule has 10 heteroatoms. The number of thioether (sulfide) groups is 1. The molecule has 4 aromatic rings. The van der Waals surface area contributed by atoms with Gasteiger partial charge < -0.3 is 14.7 Å². The number of nitriles is 2. The molecule has 0 saturated carbocycles. The quantitative estimate of drug-likeness (QED) is 0.195. The van der Waals surface area contributed by atoms with E-state index in [1.807, 2.05) is 53.7 Å². The summed E-state index contributed by atoms with van der Waals surface area (Å²) < 4.78 is 5.49. The first-order chi connectivity index (χ1) is 19.0. The van der Waals surface area contributed by atoms with Gasteiger partial charge in [-0.3, -0.25) is 0 Å². The minimum Gasteiger partial charge on any atom is -0.491 e. The molecule has 2 aromatic carbocycles. The maximum absolute atomic E-state index is 10.3. The number of hydrogen-bond acceptors (Lipinski definition) is 9. The first-order valence-electron chi connectivity index (χ1n) is 12.3. The molecular weight excluding hydrogens is 550 g/mol. The Hall–Kier alpha value is -3.60. The normalized spacial score (nSPS) is 10.6. The van der Waals surface area contributed by atoms with Crippen LogP contribution in [0.4, 0.5) is 5.82 Å². The number of halogens is 1. The van der Waals surface area contributed by atoms with Crippen LogP contribution in [0.25, 0.3) is 21.7 Å². The van der Waals surface area contributed by atoms with Crippen molar-refractivity contribution in [2.45, 2.75) is 24.1 Å². The van der Waals surface area contributed by atoms with E-state index in [0.29, 0.717) is 56.2 Å². The van der Waals surface area contributed by atoms with Crippen molar-refractivity contribution in [2.75, 3.05) is 31.7 Å². The molecule has 0 unspecified atom stereocenters. The summed E-state index contributed by atoms with van der Waals surface area (Å²) in [5, 5.41) is 33.6. The Morgan fingerprint density at radius 3 is 2.36 bits per heavy atom. The molecule has 0 saturated heterocycles. The van der Waals surface area contributed by atoms with Gasteiger partial charge in [0, 0.05) is 40.9 Å². The van der Waals surface area contributed by atoms with Gasteiger partial charge in [-0.25, -0.2) is 9.97 Å². The average Bonchev–Trinajstić information content (AvgIpc) is 3.44. The largest absolute Gasteiger partial charge is 0.491 e. The molecule has 0 radical (unpaired) electrons. The van der Waals surface area contributed by atoms with E-state index in [-0.39, 0.29) is 13.2 Å². The van der Waals surface area contributed by atoms with E-state index >= 15 is 0 Å². The number of anilines is 1. The molecule has 0 atom stereocenters. The standard InChI is InChI=1S/C29H26ClN5O2S2/c1-3-12-35(2)27-24(15-31)26(19-6-10-23(11-7-19)37-14-13-36)25(16-32)29(34-27)39-18-22-17-38-28(33-22)20-4-8-21(30)9-5-20/h4-11,17,36H,3,12-14,18H2,1-2H3. The highest BCUT2D eigenvalue weighted by Crippen LogP contribution is 2.39. The fraction of sp³-hybridized carbons (Fsp3) is 0.241. The molecule has 0 aliphatic heterocycles. The highest BCUT2D eigenvalue weighted by molar-refractivity contribution is 7.98. The third-order valence-corrected chi connectivity index (χ3v) is 7.99. The van der Waals surface area contributed by atoms with Gasteiger partial charge >= 0.3 is 0 Å². The molecule has 0 fully saturated rings. The lowest BCUT2D eigenvalue weighted by Gasteiger charge is -2.22. The van der Waals surface area contributed by atoms with E-state index in [4.69, 9.17) is 31.4 Å². The van der Waals surface area contributed by atoms with E-state index in [9.17, 15) is 10.5 Å². The fourth-order valence-corrected chi connectivity index (χ4v) is 5.93. The zero-order valence-electron chi connectivity index (χ0n) is 21.5. The van der Waals surface area contributed by atoms with E-state index < -0.39 is 0 Å². The summed E-state index contributed by atoms with van der Waals surface area (Å²) in [7, 11) is 1.90. The van der Waals surface area contributed by atoms with Crippen LogP contribution in [0, 0.1) is 22.7 Å². The van der Waals surface area contributed by atoms with Crippen molar-refractivity contribution >= 4 is 40.5 Å². The lowest BCUT2D eigenvalue weighted by molar-refractivity contribution is 0.201. The van der Waals surface area contributed by atoms with E-state index in [1.165, 1.54) is 11.8 Å². The Balaban J connectivity index is 1.72. The summed E-state index contributed by atoms with van der Waals surface area (Å²) in [6.07, 6.45) is 0.879. The van der Waals surface area contributed by atoms with Gasteiger partial charge in [0.2, 0.25) is 0 Å². The predicted octanol–water partition coefficient (Wildman–Crippen LogP) is 6.78. The second-order valence-corrected chi connectivity index (χ2v) is 10.8. The number of rotatable bonds is 11. The number of benzene rings is 2. The molecule has 39 heavy (non-hydrogen) atoms. The second kappa shape index (κ2) is 13.5. The van der Waals surface area contributed by atoms with Crippen LogP contribution >= 0.6 is 34.7 Å². The number of aromatic nitrogens is 2. The van der Waals surface area contributed by atoms with Gasteiger partial charge in [-0.1, -0.05) is 54.6 Å². The zero-order chi connectivity index (χ0) is 27.8. The van der Waals surface area contributed by atoms with Gasteiger partial charge in [0.15, 0.2) is 0 Å². The lowest BCUT2D eigenvalue weighted by atomic mass is 9.96. The molecular formula is C29H26ClN5O2S2. The van der Waals surface area contributed by atoms with Gasteiger partial charge in [-0.2, -0.15) is 10.5 Å². The molecule has 198 valence electrons. The highest BCUT2D eigenvalue weighted by Gasteiger charge is 2.24. The lowest BCUT2D eigenvalue weighted by Crippen LogP contribution is -2.21. The van der Waals surface area contributed by atoms with E-state index in [0.717, 1.165) is 22.7 Å². The fourth-order valence-electron chi connectivity index (χ4n) is 3.99. The number of hydrogen-bond donors (Lipinski definition) is 1. The van der Waals surface area contributed by atoms with Gasteiger partial charge in [-0.05, 0) is 36.2 Å².